The Balaban J connectivity index is 1.65. The zero-order valence-electron chi connectivity index (χ0n) is 12.0. The molecular weight excluding hydrogens is 254 g/mol. The second-order valence-corrected chi connectivity index (χ2v) is 4.91. The van der Waals surface area contributed by atoms with Crippen LogP contribution in [0.3, 0.4) is 0 Å². The van der Waals surface area contributed by atoms with Gasteiger partial charge in [-0.3, -0.25) is 9.69 Å². The minimum atomic E-state index is -0.00826. The molecular formula is C15H23N3O2. The summed E-state index contributed by atoms with van der Waals surface area (Å²) in [5.74, 6) is -0.00826. The monoisotopic (exact) mass is 277 g/mol. The number of hydrogen-bond acceptors (Lipinski definition) is 4. The molecule has 1 aliphatic heterocycles. The van der Waals surface area contributed by atoms with Gasteiger partial charge in [-0.2, -0.15) is 0 Å². The lowest BCUT2D eigenvalue weighted by atomic mass is 10.2. The predicted octanol–water partition coefficient (Wildman–Crippen LogP) is 0.935. The highest BCUT2D eigenvalue weighted by Gasteiger charge is 2.19. The van der Waals surface area contributed by atoms with E-state index in [4.69, 9.17) is 4.74 Å². The van der Waals surface area contributed by atoms with Gasteiger partial charge in [-0.1, -0.05) is 25.1 Å². The van der Waals surface area contributed by atoms with E-state index >= 15 is 0 Å². The molecule has 1 saturated heterocycles. The maximum Gasteiger partial charge on any atom is 0.239 e. The van der Waals surface area contributed by atoms with Gasteiger partial charge < -0.3 is 15.4 Å². The fourth-order valence-electron chi connectivity index (χ4n) is 2.22. The van der Waals surface area contributed by atoms with Crippen LogP contribution < -0.4 is 10.6 Å². The molecule has 1 aromatic rings. The van der Waals surface area contributed by atoms with Crippen molar-refractivity contribution in [2.75, 3.05) is 44.6 Å². The second-order valence-electron chi connectivity index (χ2n) is 4.91. The summed E-state index contributed by atoms with van der Waals surface area (Å²) >= 11 is 0. The van der Waals surface area contributed by atoms with Gasteiger partial charge in [0.1, 0.15) is 0 Å². The smallest absolute Gasteiger partial charge is 0.239 e. The summed E-state index contributed by atoms with van der Waals surface area (Å²) < 4.78 is 5.65. The lowest BCUT2D eigenvalue weighted by molar-refractivity contribution is -0.120. The van der Waals surface area contributed by atoms with E-state index in [1.165, 1.54) is 0 Å². The van der Waals surface area contributed by atoms with Gasteiger partial charge in [0.2, 0.25) is 5.91 Å². The molecule has 0 radical (unpaired) electrons. The molecule has 5 heteroatoms. The Hall–Kier alpha value is -1.59. The standard InChI is InChI=1S/C15H23N3O2/c1-2-18-8-9-20-14(12-18)10-17-15(19)11-16-13-6-4-3-5-7-13/h3-7,14,16H,2,8-12H2,1H3,(H,17,19). The van der Waals surface area contributed by atoms with Crippen LogP contribution in [0.15, 0.2) is 30.3 Å². The fraction of sp³-hybridized carbons (Fsp3) is 0.533. The van der Waals surface area contributed by atoms with Crippen LogP contribution in [0.4, 0.5) is 5.69 Å². The number of rotatable bonds is 6. The Morgan fingerprint density at radius 1 is 1.40 bits per heavy atom. The number of likely N-dealkylation sites (N-methyl/N-ethyl adjacent to an activating group) is 1. The van der Waals surface area contributed by atoms with Crippen molar-refractivity contribution in [3.05, 3.63) is 30.3 Å². The van der Waals surface area contributed by atoms with Crippen LogP contribution in [0.1, 0.15) is 6.92 Å². The number of carbonyl (C=O) groups is 1. The summed E-state index contributed by atoms with van der Waals surface area (Å²) in [5, 5.41) is 6.00. The van der Waals surface area contributed by atoms with Gasteiger partial charge in [0.05, 0.1) is 19.3 Å². The van der Waals surface area contributed by atoms with E-state index in [0.29, 0.717) is 6.54 Å². The van der Waals surface area contributed by atoms with E-state index in [1.54, 1.807) is 0 Å². The normalized spacial score (nSPS) is 19.6. The number of nitrogens with one attached hydrogen (secondary N) is 2. The summed E-state index contributed by atoms with van der Waals surface area (Å²) in [7, 11) is 0. The number of ether oxygens (including phenoxy) is 1. The molecule has 0 aromatic heterocycles. The summed E-state index contributed by atoms with van der Waals surface area (Å²) in [4.78, 5) is 14.1. The summed E-state index contributed by atoms with van der Waals surface area (Å²) in [6.45, 7) is 6.66. The Morgan fingerprint density at radius 2 is 2.20 bits per heavy atom. The van der Waals surface area contributed by atoms with E-state index in [1.807, 2.05) is 30.3 Å². The quantitative estimate of drug-likeness (QED) is 0.812. The molecule has 0 spiro atoms. The number of para-hydroxylation sites is 1. The molecule has 1 aliphatic rings. The van der Waals surface area contributed by atoms with Crippen LogP contribution in [0.2, 0.25) is 0 Å². The van der Waals surface area contributed by atoms with Gasteiger partial charge in [0.25, 0.3) is 0 Å². The maximum atomic E-state index is 11.8. The molecule has 20 heavy (non-hydrogen) atoms. The van der Waals surface area contributed by atoms with Crippen molar-refractivity contribution >= 4 is 11.6 Å². The fourth-order valence-corrected chi connectivity index (χ4v) is 2.22. The first-order chi connectivity index (χ1) is 9.78. The highest BCUT2D eigenvalue weighted by molar-refractivity contribution is 5.80. The van der Waals surface area contributed by atoms with Crippen LogP contribution in [0.5, 0.6) is 0 Å². The van der Waals surface area contributed by atoms with Crippen molar-refractivity contribution in [2.45, 2.75) is 13.0 Å². The molecule has 2 rings (SSSR count). The van der Waals surface area contributed by atoms with Crippen molar-refractivity contribution in [3.8, 4) is 0 Å². The molecule has 1 unspecified atom stereocenters. The average Bonchev–Trinajstić information content (AvgIpc) is 2.52. The highest BCUT2D eigenvalue weighted by atomic mass is 16.5. The van der Waals surface area contributed by atoms with E-state index in [9.17, 15) is 4.79 Å². The summed E-state index contributed by atoms with van der Waals surface area (Å²) in [6.07, 6.45) is 0.101. The minimum Gasteiger partial charge on any atom is -0.376 e. The molecule has 1 aromatic carbocycles. The van der Waals surface area contributed by atoms with Crippen LogP contribution in [-0.2, 0) is 9.53 Å². The van der Waals surface area contributed by atoms with Gasteiger partial charge in [-0.15, -0.1) is 0 Å². The summed E-state index contributed by atoms with van der Waals surface area (Å²) in [5.41, 5.74) is 0.953. The molecule has 1 atom stereocenters. The third-order valence-corrected chi connectivity index (χ3v) is 3.42. The number of anilines is 1. The molecule has 0 aliphatic carbocycles. The lowest BCUT2D eigenvalue weighted by Crippen LogP contribution is -2.48. The molecule has 1 fully saturated rings. The SMILES string of the molecule is CCN1CCOC(CNC(=O)CNc2ccccc2)C1. The van der Waals surface area contributed by atoms with Crippen molar-refractivity contribution in [2.24, 2.45) is 0 Å². The van der Waals surface area contributed by atoms with Crippen LogP contribution >= 0.6 is 0 Å². The van der Waals surface area contributed by atoms with Gasteiger partial charge in [0.15, 0.2) is 0 Å². The Kier molecular flexibility index (Phi) is 5.83. The van der Waals surface area contributed by atoms with Gasteiger partial charge >= 0.3 is 0 Å². The van der Waals surface area contributed by atoms with E-state index in [2.05, 4.69) is 22.5 Å². The highest BCUT2D eigenvalue weighted by Crippen LogP contribution is 2.05. The van der Waals surface area contributed by atoms with Crippen LogP contribution in [0, 0.1) is 0 Å². The zero-order valence-corrected chi connectivity index (χ0v) is 12.0. The lowest BCUT2D eigenvalue weighted by Gasteiger charge is -2.32. The number of benzene rings is 1. The zero-order chi connectivity index (χ0) is 14.2. The van der Waals surface area contributed by atoms with E-state index < -0.39 is 0 Å². The molecule has 1 amide bonds. The first-order valence-electron chi connectivity index (χ1n) is 7.17. The van der Waals surface area contributed by atoms with Crippen molar-refractivity contribution < 1.29 is 9.53 Å². The Labute approximate surface area is 120 Å². The van der Waals surface area contributed by atoms with Crippen LogP contribution in [-0.4, -0.2) is 56.2 Å². The predicted molar refractivity (Wildman–Crippen MR) is 79.8 cm³/mol. The number of hydrogen-bond donors (Lipinski definition) is 2. The van der Waals surface area contributed by atoms with Crippen molar-refractivity contribution in [1.29, 1.82) is 0 Å². The Bertz CT molecular complexity index is 411. The second kappa shape index (κ2) is 7.87. The van der Waals surface area contributed by atoms with Gasteiger partial charge in [-0.05, 0) is 18.7 Å². The largest absolute Gasteiger partial charge is 0.376 e. The molecule has 2 N–H and O–H groups in total. The molecule has 1 heterocycles. The number of carbonyl (C=O) groups excluding carboxylic acids is 1. The third-order valence-electron chi connectivity index (χ3n) is 3.42. The van der Waals surface area contributed by atoms with E-state index in [0.717, 1.165) is 31.9 Å². The number of amides is 1. The first-order valence-corrected chi connectivity index (χ1v) is 7.17. The van der Waals surface area contributed by atoms with Crippen molar-refractivity contribution in [3.63, 3.8) is 0 Å². The topological polar surface area (TPSA) is 53.6 Å². The van der Waals surface area contributed by atoms with Gasteiger partial charge in [0, 0.05) is 25.3 Å². The van der Waals surface area contributed by atoms with E-state index in [-0.39, 0.29) is 18.6 Å². The molecule has 5 nitrogen and oxygen atoms in total. The van der Waals surface area contributed by atoms with Crippen molar-refractivity contribution in [1.82, 2.24) is 10.2 Å². The van der Waals surface area contributed by atoms with Gasteiger partial charge in [-0.25, -0.2) is 0 Å². The number of nitrogens with zero attached hydrogens (tertiary/aromatic N) is 1. The maximum absolute atomic E-state index is 11.8. The first kappa shape index (κ1) is 14.8. The minimum absolute atomic E-state index is 0.00826. The van der Waals surface area contributed by atoms with Crippen LogP contribution in [0.25, 0.3) is 0 Å². The molecule has 110 valence electrons. The summed E-state index contributed by atoms with van der Waals surface area (Å²) in [6, 6.07) is 9.71. The number of morpholine rings is 1. The average molecular weight is 277 g/mol. The molecule has 0 bridgehead atoms. The molecule has 0 saturated carbocycles. The Morgan fingerprint density at radius 3 is 2.95 bits per heavy atom. The third kappa shape index (κ3) is 4.83.